The lowest BCUT2D eigenvalue weighted by atomic mass is 10.1. The number of benzene rings is 1. The number of hydrogen-bond donors (Lipinski definition) is 1. The zero-order chi connectivity index (χ0) is 21.3. The first-order valence-corrected chi connectivity index (χ1v) is 11.0. The van der Waals surface area contributed by atoms with Crippen LogP contribution in [0.4, 0.5) is 0 Å². The van der Waals surface area contributed by atoms with Crippen molar-refractivity contribution in [1.29, 1.82) is 0 Å². The predicted octanol–water partition coefficient (Wildman–Crippen LogP) is 2.33. The number of sulfonamides is 1. The van der Waals surface area contributed by atoms with E-state index >= 15 is 0 Å². The van der Waals surface area contributed by atoms with Crippen molar-refractivity contribution in [2.75, 3.05) is 20.2 Å². The summed E-state index contributed by atoms with van der Waals surface area (Å²) in [4.78, 5) is 23.8. The molecule has 30 heavy (non-hydrogen) atoms. The van der Waals surface area contributed by atoms with E-state index in [4.69, 9.17) is 4.74 Å². The Kier molecular flexibility index (Phi) is 5.40. The van der Waals surface area contributed by atoms with E-state index in [9.17, 15) is 13.2 Å². The Bertz CT molecular complexity index is 1230. The Morgan fingerprint density at radius 2 is 2.07 bits per heavy atom. The van der Waals surface area contributed by atoms with E-state index in [1.165, 1.54) is 17.5 Å². The zero-order valence-electron chi connectivity index (χ0n) is 16.7. The molecule has 1 N–H and O–H groups in total. The monoisotopic (exact) mass is 426 g/mol. The Labute approximate surface area is 174 Å². The molecule has 1 aliphatic rings. The highest BCUT2D eigenvalue weighted by Crippen LogP contribution is 2.33. The molecule has 3 aromatic rings. The van der Waals surface area contributed by atoms with Crippen molar-refractivity contribution in [3.63, 3.8) is 0 Å². The number of rotatable bonds is 5. The van der Waals surface area contributed by atoms with Gasteiger partial charge in [-0.25, -0.2) is 13.4 Å². The van der Waals surface area contributed by atoms with Crippen LogP contribution in [0.25, 0.3) is 11.3 Å². The van der Waals surface area contributed by atoms with Gasteiger partial charge in [-0.2, -0.15) is 4.31 Å². The standard InChI is InChI=1S/C21H22N4O4S/c1-14-5-6-18(29-2)19(10-14)30(27,28)25-9-7-16(13-25)21-23-17(11-20(26)24-21)15-4-3-8-22-12-15/h3-6,8,10-12,16H,7,9,13H2,1-2H3,(H,23,24,26). The molecule has 4 rings (SSSR count). The molecule has 9 heteroatoms. The molecule has 1 aliphatic heterocycles. The van der Waals surface area contributed by atoms with E-state index < -0.39 is 10.0 Å². The number of nitrogens with one attached hydrogen (secondary N) is 1. The number of aromatic nitrogens is 3. The summed E-state index contributed by atoms with van der Waals surface area (Å²) in [5, 5.41) is 0. The number of pyridine rings is 1. The van der Waals surface area contributed by atoms with Gasteiger partial charge in [0.25, 0.3) is 5.56 Å². The van der Waals surface area contributed by atoms with E-state index in [1.54, 1.807) is 30.6 Å². The smallest absolute Gasteiger partial charge is 0.251 e. The van der Waals surface area contributed by atoms with Crippen molar-refractivity contribution >= 4 is 10.0 Å². The fourth-order valence-corrected chi connectivity index (χ4v) is 5.37. The van der Waals surface area contributed by atoms with E-state index in [0.717, 1.165) is 11.1 Å². The van der Waals surface area contributed by atoms with Gasteiger partial charge in [-0.3, -0.25) is 9.78 Å². The number of ether oxygens (including phenoxy) is 1. The highest BCUT2D eigenvalue weighted by Gasteiger charge is 2.36. The minimum Gasteiger partial charge on any atom is -0.495 e. The van der Waals surface area contributed by atoms with Gasteiger partial charge in [-0.15, -0.1) is 0 Å². The fourth-order valence-electron chi connectivity index (χ4n) is 3.63. The number of H-pyrrole nitrogens is 1. The van der Waals surface area contributed by atoms with Crippen LogP contribution in [0, 0.1) is 6.92 Å². The van der Waals surface area contributed by atoms with E-state index in [0.29, 0.717) is 30.2 Å². The number of methoxy groups -OCH3 is 1. The highest BCUT2D eigenvalue weighted by atomic mass is 32.2. The Morgan fingerprint density at radius 1 is 1.23 bits per heavy atom. The molecule has 1 saturated heterocycles. The van der Waals surface area contributed by atoms with Crippen LogP contribution in [-0.4, -0.2) is 47.9 Å². The summed E-state index contributed by atoms with van der Waals surface area (Å²) in [7, 11) is -2.29. The SMILES string of the molecule is COc1ccc(C)cc1S(=O)(=O)N1CCC(c2nc(-c3cccnc3)cc(=O)[nH]2)C1. The molecule has 0 aliphatic carbocycles. The number of aryl methyl sites for hydroxylation is 1. The molecular formula is C21H22N4O4S. The summed E-state index contributed by atoms with van der Waals surface area (Å²) in [5.74, 6) is 0.587. The third-order valence-corrected chi connectivity index (χ3v) is 7.08. The summed E-state index contributed by atoms with van der Waals surface area (Å²) in [6, 6.07) is 10.1. The summed E-state index contributed by atoms with van der Waals surface area (Å²) in [6.45, 7) is 2.41. The van der Waals surface area contributed by atoms with Crippen LogP contribution in [0.5, 0.6) is 5.75 Å². The summed E-state index contributed by atoms with van der Waals surface area (Å²) >= 11 is 0. The third kappa shape index (κ3) is 3.86. The maximum atomic E-state index is 13.2. The molecule has 0 radical (unpaired) electrons. The van der Waals surface area contributed by atoms with Gasteiger partial charge in [0.15, 0.2) is 0 Å². The minimum absolute atomic E-state index is 0.149. The number of aromatic amines is 1. The molecule has 3 heterocycles. The van der Waals surface area contributed by atoms with Gasteiger partial charge >= 0.3 is 0 Å². The lowest BCUT2D eigenvalue weighted by Gasteiger charge is -2.19. The Hall–Kier alpha value is -3.04. The van der Waals surface area contributed by atoms with Crippen LogP contribution in [0.15, 0.2) is 58.5 Å². The topological polar surface area (TPSA) is 105 Å². The lowest BCUT2D eigenvalue weighted by molar-refractivity contribution is 0.398. The van der Waals surface area contributed by atoms with Crippen molar-refractivity contribution in [2.24, 2.45) is 0 Å². The molecule has 8 nitrogen and oxygen atoms in total. The second-order valence-corrected chi connectivity index (χ2v) is 9.17. The van der Waals surface area contributed by atoms with Crippen molar-refractivity contribution < 1.29 is 13.2 Å². The first-order valence-electron chi connectivity index (χ1n) is 9.55. The van der Waals surface area contributed by atoms with Gasteiger partial charge in [0, 0.05) is 43.0 Å². The van der Waals surface area contributed by atoms with Gasteiger partial charge in [0.05, 0.1) is 12.8 Å². The molecule has 0 amide bonds. The summed E-state index contributed by atoms with van der Waals surface area (Å²) in [6.07, 6.45) is 3.85. The molecule has 0 spiro atoms. The zero-order valence-corrected chi connectivity index (χ0v) is 17.5. The van der Waals surface area contributed by atoms with Gasteiger partial charge in [-0.1, -0.05) is 6.07 Å². The Balaban J connectivity index is 1.63. The molecule has 1 fully saturated rings. The second-order valence-electron chi connectivity index (χ2n) is 7.26. The minimum atomic E-state index is -3.74. The van der Waals surface area contributed by atoms with Gasteiger partial charge in [-0.05, 0) is 43.2 Å². The van der Waals surface area contributed by atoms with Crippen molar-refractivity contribution in [2.45, 2.75) is 24.2 Å². The average Bonchev–Trinajstić information content (AvgIpc) is 3.25. The largest absolute Gasteiger partial charge is 0.495 e. The van der Waals surface area contributed by atoms with Crippen LogP contribution in [0.2, 0.25) is 0 Å². The average molecular weight is 426 g/mol. The third-order valence-electron chi connectivity index (χ3n) is 5.19. The molecule has 1 atom stereocenters. The Morgan fingerprint density at radius 3 is 2.80 bits per heavy atom. The van der Waals surface area contributed by atoms with Crippen molar-refractivity contribution in [3.8, 4) is 17.0 Å². The predicted molar refractivity (Wildman–Crippen MR) is 112 cm³/mol. The van der Waals surface area contributed by atoms with Gasteiger partial charge < -0.3 is 9.72 Å². The van der Waals surface area contributed by atoms with Crippen molar-refractivity contribution in [1.82, 2.24) is 19.3 Å². The summed E-state index contributed by atoms with van der Waals surface area (Å²) in [5.41, 5.74) is 1.81. The molecular weight excluding hydrogens is 404 g/mol. The number of hydrogen-bond acceptors (Lipinski definition) is 6. The molecule has 1 unspecified atom stereocenters. The molecule has 0 saturated carbocycles. The second kappa shape index (κ2) is 8.00. The molecule has 1 aromatic carbocycles. The van der Waals surface area contributed by atoms with Crippen molar-refractivity contribution in [3.05, 3.63) is 70.5 Å². The van der Waals surface area contributed by atoms with Crippen LogP contribution in [-0.2, 0) is 10.0 Å². The maximum Gasteiger partial charge on any atom is 0.251 e. The maximum absolute atomic E-state index is 13.2. The van der Waals surface area contributed by atoms with Gasteiger partial charge in [0.1, 0.15) is 16.5 Å². The fraction of sp³-hybridized carbons (Fsp3) is 0.286. The van der Waals surface area contributed by atoms with Gasteiger partial charge in [0.2, 0.25) is 10.0 Å². The lowest BCUT2D eigenvalue weighted by Crippen LogP contribution is -2.29. The van der Waals surface area contributed by atoms with Crippen LogP contribution in [0.3, 0.4) is 0 Å². The number of nitrogens with zero attached hydrogens (tertiary/aromatic N) is 3. The highest BCUT2D eigenvalue weighted by molar-refractivity contribution is 7.89. The summed E-state index contributed by atoms with van der Waals surface area (Å²) < 4.78 is 33.2. The van der Waals surface area contributed by atoms with E-state index in [2.05, 4.69) is 15.0 Å². The first kappa shape index (κ1) is 20.2. The van der Waals surface area contributed by atoms with Crippen LogP contribution < -0.4 is 10.3 Å². The van der Waals surface area contributed by atoms with Crippen LogP contribution >= 0.6 is 0 Å². The van der Waals surface area contributed by atoms with E-state index in [-0.39, 0.29) is 22.9 Å². The molecule has 156 valence electrons. The molecule has 2 aromatic heterocycles. The molecule has 0 bridgehead atoms. The quantitative estimate of drug-likeness (QED) is 0.671. The first-order chi connectivity index (χ1) is 14.4. The van der Waals surface area contributed by atoms with E-state index in [1.807, 2.05) is 19.1 Å². The normalized spacial score (nSPS) is 17.2. The van der Waals surface area contributed by atoms with Crippen LogP contribution in [0.1, 0.15) is 23.7 Å².